The molecule has 1 aliphatic heterocycles. The number of hydrazine groups is 1. The summed E-state index contributed by atoms with van der Waals surface area (Å²) in [7, 11) is 0. The van der Waals surface area contributed by atoms with Crippen molar-refractivity contribution in [1.29, 1.82) is 0 Å². The second kappa shape index (κ2) is 7.82. The first-order valence-electron chi connectivity index (χ1n) is 9.22. The van der Waals surface area contributed by atoms with Crippen LogP contribution in [0.5, 0.6) is 0 Å². The lowest BCUT2D eigenvalue weighted by molar-refractivity contribution is 0.383. The molecule has 3 aromatic carbocycles. The highest BCUT2D eigenvalue weighted by Crippen LogP contribution is 2.34. The number of hydrogen-bond donors (Lipinski definition) is 3. The second-order valence-electron chi connectivity index (χ2n) is 6.53. The van der Waals surface area contributed by atoms with E-state index >= 15 is 0 Å². The first-order valence-corrected chi connectivity index (χ1v) is 9.22. The number of benzene rings is 3. The van der Waals surface area contributed by atoms with Gasteiger partial charge in [-0.3, -0.25) is 0 Å². The summed E-state index contributed by atoms with van der Waals surface area (Å²) in [6.45, 7) is 0. The Bertz CT molecular complexity index is 1090. The molecule has 0 aliphatic carbocycles. The van der Waals surface area contributed by atoms with E-state index in [1.807, 2.05) is 97.2 Å². The summed E-state index contributed by atoms with van der Waals surface area (Å²) >= 11 is 0. The van der Waals surface area contributed by atoms with Gasteiger partial charge in [-0.1, -0.05) is 78.9 Å². The van der Waals surface area contributed by atoms with Gasteiger partial charge in [-0.15, -0.1) is 5.10 Å². The molecular formula is C23H22N6. The predicted molar refractivity (Wildman–Crippen MR) is 119 cm³/mol. The third-order valence-electron chi connectivity index (χ3n) is 4.61. The summed E-state index contributed by atoms with van der Waals surface area (Å²) in [5.41, 5.74) is 22.7. The second-order valence-corrected chi connectivity index (χ2v) is 6.53. The topological polar surface area (TPSA) is 96.9 Å². The number of nitrogens with zero attached hydrogens (tertiary/aromatic N) is 3. The minimum atomic E-state index is 0.175. The van der Waals surface area contributed by atoms with Crippen LogP contribution in [0.3, 0.4) is 0 Å². The van der Waals surface area contributed by atoms with Crippen molar-refractivity contribution in [2.24, 2.45) is 22.3 Å². The largest absolute Gasteiger partial charge is 0.393 e. The van der Waals surface area contributed by atoms with Crippen molar-refractivity contribution < 1.29 is 0 Å². The molecule has 6 N–H and O–H groups in total. The minimum Gasteiger partial charge on any atom is -0.393 e. The molecular weight excluding hydrogens is 360 g/mol. The van der Waals surface area contributed by atoms with Crippen molar-refractivity contribution in [3.05, 3.63) is 108 Å². The Morgan fingerprint density at radius 1 is 0.724 bits per heavy atom. The molecule has 0 saturated heterocycles. The van der Waals surface area contributed by atoms with Gasteiger partial charge in [0.1, 0.15) is 5.70 Å². The Hall–Kier alpha value is -4.19. The standard InChI is InChI=1S/C23H22N6/c24-21-22(25)27-28(16-15-17-9-3-1-4-10-17)29(23(21)26)20-14-8-7-13-19(20)18-11-5-2-6-12-18/h1-16H,24,26H2,(H2,25,27). The fraction of sp³-hybridized carbons (Fsp3) is 0. The molecule has 29 heavy (non-hydrogen) atoms. The molecule has 0 aromatic heterocycles. The van der Waals surface area contributed by atoms with Gasteiger partial charge >= 0.3 is 0 Å². The monoisotopic (exact) mass is 382 g/mol. The van der Waals surface area contributed by atoms with Gasteiger partial charge in [0.2, 0.25) is 0 Å². The van der Waals surface area contributed by atoms with Crippen LogP contribution >= 0.6 is 0 Å². The Morgan fingerprint density at radius 2 is 1.34 bits per heavy atom. The molecule has 6 nitrogen and oxygen atoms in total. The zero-order chi connectivity index (χ0) is 20.2. The van der Waals surface area contributed by atoms with Gasteiger partial charge in [-0.05, 0) is 23.3 Å². The lowest BCUT2D eigenvalue weighted by atomic mass is 10.0. The third-order valence-corrected chi connectivity index (χ3v) is 4.61. The molecule has 0 atom stereocenters. The van der Waals surface area contributed by atoms with E-state index in [9.17, 15) is 0 Å². The van der Waals surface area contributed by atoms with Gasteiger partial charge in [-0.2, -0.15) is 5.12 Å². The first-order chi connectivity index (χ1) is 14.1. The summed E-state index contributed by atoms with van der Waals surface area (Å²) in [5.74, 6) is 0.493. The van der Waals surface area contributed by atoms with Crippen molar-refractivity contribution in [1.82, 2.24) is 5.12 Å². The molecule has 4 rings (SSSR count). The van der Waals surface area contributed by atoms with E-state index in [4.69, 9.17) is 17.2 Å². The average molecular weight is 382 g/mol. The summed E-state index contributed by atoms with van der Waals surface area (Å²) in [6, 6.07) is 28.0. The van der Waals surface area contributed by atoms with Crippen LogP contribution in [0.15, 0.2) is 108 Å². The maximum Gasteiger partial charge on any atom is 0.173 e. The van der Waals surface area contributed by atoms with Crippen LogP contribution in [0.1, 0.15) is 5.56 Å². The SMILES string of the molecule is NC1=NN(C=Cc2ccccc2)N(c2ccccc2-c2ccccc2)C(N)=C1N. The quantitative estimate of drug-likeness (QED) is 0.642. The van der Waals surface area contributed by atoms with Crippen LogP contribution in [0.25, 0.3) is 17.2 Å². The lowest BCUT2D eigenvalue weighted by Crippen LogP contribution is -2.47. The van der Waals surface area contributed by atoms with E-state index in [0.717, 1.165) is 22.4 Å². The third kappa shape index (κ3) is 3.64. The average Bonchev–Trinajstić information content (AvgIpc) is 2.77. The van der Waals surface area contributed by atoms with E-state index in [1.54, 1.807) is 10.1 Å². The molecule has 6 heteroatoms. The van der Waals surface area contributed by atoms with Crippen molar-refractivity contribution in [2.45, 2.75) is 0 Å². The zero-order valence-electron chi connectivity index (χ0n) is 15.8. The Kier molecular flexibility index (Phi) is 4.90. The van der Waals surface area contributed by atoms with E-state index < -0.39 is 0 Å². The predicted octanol–water partition coefficient (Wildman–Crippen LogP) is 3.42. The number of rotatable bonds is 4. The van der Waals surface area contributed by atoms with Crippen molar-refractivity contribution in [3.8, 4) is 11.1 Å². The summed E-state index contributed by atoms with van der Waals surface area (Å²) in [6.07, 6.45) is 3.74. The Morgan fingerprint density at radius 3 is 2.07 bits per heavy atom. The van der Waals surface area contributed by atoms with Crippen LogP contribution < -0.4 is 22.2 Å². The summed E-state index contributed by atoms with van der Waals surface area (Å²) < 4.78 is 0. The maximum absolute atomic E-state index is 6.40. The van der Waals surface area contributed by atoms with Gasteiger partial charge in [-0.25, -0.2) is 5.01 Å². The van der Waals surface area contributed by atoms with E-state index in [1.165, 1.54) is 0 Å². The maximum atomic E-state index is 6.40. The highest BCUT2D eigenvalue weighted by atomic mass is 15.8. The highest BCUT2D eigenvalue weighted by molar-refractivity contribution is 5.98. The van der Waals surface area contributed by atoms with E-state index in [-0.39, 0.29) is 11.5 Å². The molecule has 0 bridgehead atoms. The van der Waals surface area contributed by atoms with Crippen molar-refractivity contribution >= 4 is 17.6 Å². The molecule has 0 saturated carbocycles. The fourth-order valence-corrected chi connectivity index (χ4v) is 3.14. The Labute approximate surface area is 169 Å². The molecule has 1 aliphatic rings. The first kappa shape index (κ1) is 18.2. The molecule has 0 fully saturated rings. The minimum absolute atomic E-state index is 0.175. The van der Waals surface area contributed by atoms with Crippen molar-refractivity contribution in [2.75, 3.05) is 5.01 Å². The smallest absolute Gasteiger partial charge is 0.173 e. The van der Waals surface area contributed by atoms with Gasteiger partial charge in [0.15, 0.2) is 11.7 Å². The van der Waals surface area contributed by atoms with Gasteiger partial charge in [0.25, 0.3) is 0 Å². The Balaban J connectivity index is 1.81. The molecule has 0 spiro atoms. The van der Waals surface area contributed by atoms with Crippen LogP contribution in [0.4, 0.5) is 5.69 Å². The molecule has 0 radical (unpaired) electrons. The summed E-state index contributed by atoms with van der Waals surface area (Å²) in [4.78, 5) is 0. The zero-order valence-corrected chi connectivity index (χ0v) is 15.8. The number of para-hydroxylation sites is 1. The fourth-order valence-electron chi connectivity index (χ4n) is 3.14. The van der Waals surface area contributed by atoms with E-state index in [2.05, 4.69) is 5.10 Å². The number of amidine groups is 1. The number of hydrazone groups is 1. The molecule has 0 unspecified atom stereocenters. The number of hydrogen-bond acceptors (Lipinski definition) is 6. The van der Waals surface area contributed by atoms with Gasteiger partial charge < -0.3 is 17.2 Å². The normalized spacial score (nSPS) is 14.4. The van der Waals surface area contributed by atoms with E-state index in [0.29, 0.717) is 5.82 Å². The molecule has 0 amide bonds. The van der Waals surface area contributed by atoms with Crippen LogP contribution in [0.2, 0.25) is 0 Å². The number of nitrogens with two attached hydrogens (primary N) is 3. The molecule has 3 aromatic rings. The van der Waals surface area contributed by atoms with Crippen LogP contribution in [-0.4, -0.2) is 11.0 Å². The lowest BCUT2D eigenvalue weighted by Gasteiger charge is -2.36. The van der Waals surface area contributed by atoms with Crippen LogP contribution in [0, 0.1) is 0 Å². The number of anilines is 1. The summed E-state index contributed by atoms with van der Waals surface area (Å²) in [5, 5.41) is 7.79. The molecule has 1 heterocycles. The van der Waals surface area contributed by atoms with Gasteiger partial charge in [0.05, 0.1) is 5.69 Å². The highest BCUT2D eigenvalue weighted by Gasteiger charge is 2.26. The van der Waals surface area contributed by atoms with Gasteiger partial charge in [0, 0.05) is 11.8 Å². The molecule has 144 valence electrons. The van der Waals surface area contributed by atoms with Crippen LogP contribution in [-0.2, 0) is 0 Å². The van der Waals surface area contributed by atoms with Crippen molar-refractivity contribution in [3.63, 3.8) is 0 Å².